The SMILES string of the molecule is CNC(=O)C(C)N(Cc1ccccc1F)C(=O)CSc1ccc(C)cc1. The van der Waals surface area contributed by atoms with Crippen LogP contribution in [0.5, 0.6) is 0 Å². The van der Waals surface area contributed by atoms with Crippen LogP contribution in [0.4, 0.5) is 4.39 Å². The Hall–Kier alpha value is -2.34. The van der Waals surface area contributed by atoms with Crippen molar-refractivity contribution in [1.29, 1.82) is 0 Å². The highest BCUT2D eigenvalue weighted by Crippen LogP contribution is 2.20. The minimum absolute atomic E-state index is 0.0501. The zero-order chi connectivity index (χ0) is 19.1. The molecule has 4 nitrogen and oxygen atoms in total. The molecule has 0 saturated carbocycles. The largest absolute Gasteiger partial charge is 0.357 e. The summed E-state index contributed by atoms with van der Waals surface area (Å²) in [6.07, 6.45) is 0. The van der Waals surface area contributed by atoms with Gasteiger partial charge in [0.1, 0.15) is 11.9 Å². The van der Waals surface area contributed by atoms with Crippen molar-refractivity contribution >= 4 is 23.6 Å². The first kappa shape index (κ1) is 20.0. The molecule has 26 heavy (non-hydrogen) atoms. The molecule has 1 N–H and O–H groups in total. The molecule has 0 saturated heterocycles. The summed E-state index contributed by atoms with van der Waals surface area (Å²) in [5, 5.41) is 2.55. The van der Waals surface area contributed by atoms with Crippen LogP contribution in [0.1, 0.15) is 18.1 Å². The summed E-state index contributed by atoms with van der Waals surface area (Å²) in [6, 6.07) is 13.5. The Kier molecular flexibility index (Phi) is 7.21. The van der Waals surface area contributed by atoms with Crippen LogP contribution in [0.2, 0.25) is 0 Å². The lowest BCUT2D eigenvalue weighted by Gasteiger charge is -2.28. The Morgan fingerprint density at radius 2 is 1.81 bits per heavy atom. The molecule has 2 rings (SSSR count). The lowest BCUT2D eigenvalue weighted by atomic mass is 10.1. The number of thioether (sulfide) groups is 1. The van der Waals surface area contributed by atoms with Crippen molar-refractivity contribution in [2.45, 2.75) is 31.3 Å². The number of aryl methyl sites for hydroxylation is 1. The number of benzene rings is 2. The van der Waals surface area contributed by atoms with Crippen molar-refractivity contribution in [3.8, 4) is 0 Å². The highest BCUT2D eigenvalue weighted by atomic mass is 32.2. The molecule has 138 valence electrons. The van der Waals surface area contributed by atoms with Crippen LogP contribution >= 0.6 is 11.8 Å². The number of nitrogens with zero attached hydrogens (tertiary/aromatic N) is 1. The third-order valence-electron chi connectivity index (χ3n) is 4.10. The van der Waals surface area contributed by atoms with Crippen LogP contribution in [0.3, 0.4) is 0 Å². The fourth-order valence-electron chi connectivity index (χ4n) is 2.46. The first-order valence-electron chi connectivity index (χ1n) is 8.36. The summed E-state index contributed by atoms with van der Waals surface area (Å²) in [5.74, 6) is -0.704. The zero-order valence-corrected chi connectivity index (χ0v) is 16.0. The summed E-state index contributed by atoms with van der Waals surface area (Å²) in [4.78, 5) is 27.2. The van der Waals surface area contributed by atoms with Crippen LogP contribution in [0.15, 0.2) is 53.4 Å². The third-order valence-corrected chi connectivity index (χ3v) is 5.09. The van der Waals surface area contributed by atoms with Crippen molar-refractivity contribution in [2.75, 3.05) is 12.8 Å². The number of hydrogen-bond donors (Lipinski definition) is 1. The second kappa shape index (κ2) is 9.38. The number of amides is 2. The number of halogens is 1. The molecule has 0 aliphatic heterocycles. The quantitative estimate of drug-likeness (QED) is 0.756. The molecular formula is C20H23FN2O2S. The monoisotopic (exact) mass is 374 g/mol. The summed E-state index contributed by atoms with van der Waals surface area (Å²) < 4.78 is 14.0. The number of rotatable bonds is 7. The topological polar surface area (TPSA) is 49.4 Å². The highest BCUT2D eigenvalue weighted by Gasteiger charge is 2.26. The molecule has 2 aromatic rings. The van der Waals surface area contributed by atoms with E-state index in [4.69, 9.17) is 0 Å². The Morgan fingerprint density at radius 3 is 2.42 bits per heavy atom. The van der Waals surface area contributed by atoms with E-state index < -0.39 is 6.04 Å². The molecule has 6 heteroatoms. The standard InChI is InChI=1S/C20H23FN2O2S/c1-14-8-10-17(11-9-14)26-13-19(24)23(15(2)20(25)22-3)12-16-6-4-5-7-18(16)21/h4-11,15H,12-13H2,1-3H3,(H,22,25). The predicted octanol–water partition coefficient (Wildman–Crippen LogP) is 3.39. The molecule has 0 spiro atoms. The molecule has 0 radical (unpaired) electrons. The van der Waals surface area contributed by atoms with Crippen molar-refractivity contribution in [3.63, 3.8) is 0 Å². The third kappa shape index (κ3) is 5.33. The van der Waals surface area contributed by atoms with Crippen LogP contribution in [0, 0.1) is 12.7 Å². The molecule has 0 heterocycles. The fourth-order valence-corrected chi connectivity index (χ4v) is 3.25. The van der Waals surface area contributed by atoms with E-state index in [1.165, 1.54) is 29.8 Å². The van der Waals surface area contributed by atoms with E-state index in [1.807, 2.05) is 31.2 Å². The van der Waals surface area contributed by atoms with Crippen molar-refractivity contribution in [2.24, 2.45) is 0 Å². The van der Waals surface area contributed by atoms with Gasteiger partial charge in [0.2, 0.25) is 11.8 Å². The number of carbonyl (C=O) groups is 2. The Labute approximate surface area is 157 Å². The predicted molar refractivity (Wildman–Crippen MR) is 102 cm³/mol. The van der Waals surface area contributed by atoms with Gasteiger partial charge in [-0.2, -0.15) is 0 Å². The average molecular weight is 374 g/mol. The molecule has 0 aliphatic rings. The smallest absolute Gasteiger partial charge is 0.242 e. The van der Waals surface area contributed by atoms with Gasteiger partial charge in [-0.25, -0.2) is 4.39 Å². The minimum Gasteiger partial charge on any atom is -0.357 e. The van der Waals surface area contributed by atoms with E-state index in [9.17, 15) is 14.0 Å². The normalized spacial score (nSPS) is 11.7. The maximum atomic E-state index is 14.0. The van der Waals surface area contributed by atoms with E-state index in [1.54, 1.807) is 25.1 Å². The Morgan fingerprint density at radius 1 is 1.15 bits per heavy atom. The van der Waals surface area contributed by atoms with Gasteiger partial charge in [-0.1, -0.05) is 35.9 Å². The molecule has 0 aliphatic carbocycles. The van der Waals surface area contributed by atoms with E-state index in [0.717, 1.165) is 10.5 Å². The first-order chi connectivity index (χ1) is 12.4. The minimum atomic E-state index is -0.689. The van der Waals surface area contributed by atoms with Gasteiger partial charge >= 0.3 is 0 Å². The number of carbonyl (C=O) groups excluding carboxylic acids is 2. The van der Waals surface area contributed by atoms with E-state index in [0.29, 0.717) is 5.56 Å². The molecule has 1 unspecified atom stereocenters. The molecule has 1 atom stereocenters. The van der Waals surface area contributed by atoms with E-state index >= 15 is 0 Å². The van der Waals surface area contributed by atoms with Gasteiger partial charge in [-0.15, -0.1) is 11.8 Å². The maximum Gasteiger partial charge on any atom is 0.242 e. The van der Waals surface area contributed by atoms with E-state index in [2.05, 4.69) is 5.32 Å². The lowest BCUT2D eigenvalue weighted by molar-refractivity contribution is -0.138. The summed E-state index contributed by atoms with van der Waals surface area (Å²) in [6.45, 7) is 3.70. The number of likely N-dealkylation sites (N-methyl/N-ethyl adjacent to an activating group) is 1. The fraction of sp³-hybridized carbons (Fsp3) is 0.300. The number of hydrogen-bond acceptors (Lipinski definition) is 3. The van der Waals surface area contributed by atoms with E-state index in [-0.39, 0.29) is 29.9 Å². The molecular weight excluding hydrogens is 351 g/mol. The van der Waals surface area contributed by atoms with Crippen LogP contribution in [-0.2, 0) is 16.1 Å². The van der Waals surface area contributed by atoms with Gasteiger partial charge in [0, 0.05) is 24.1 Å². The van der Waals surface area contributed by atoms with Crippen molar-refractivity contribution in [1.82, 2.24) is 10.2 Å². The van der Waals surface area contributed by atoms with Gasteiger partial charge in [0.05, 0.1) is 5.75 Å². The van der Waals surface area contributed by atoms with Crippen molar-refractivity contribution < 1.29 is 14.0 Å². The van der Waals surface area contributed by atoms with Gasteiger partial charge in [-0.3, -0.25) is 9.59 Å². The van der Waals surface area contributed by atoms with Gasteiger partial charge in [0.15, 0.2) is 0 Å². The zero-order valence-electron chi connectivity index (χ0n) is 15.2. The molecule has 0 fully saturated rings. The lowest BCUT2D eigenvalue weighted by Crippen LogP contribution is -2.47. The van der Waals surface area contributed by atoms with Crippen LogP contribution in [-0.4, -0.2) is 35.6 Å². The Bertz CT molecular complexity index is 765. The molecule has 0 bridgehead atoms. The maximum absolute atomic E-state index is 14.0. The Balaban J connectivity index is 2.13. The first-order valence-corrected chi connectivity index (χ1v) is 9.35. The number of nitrogens with one attached hydrogen (secondary N) is 1. The second-order valence-electron chi connectivity index (χ2n) is 6.01. The molecule has 0 aromatic heterocycles. The summed E-state index contributed by atoms with van der Waals surface area (Å²) in [7, 11) is 1.52. The van der Waals surface area contributed by atoms with Gasteiger partial charge < -0.3 is 10.2 Å². The van der Waals surface area contributed by atoms with Crippen molar-refractivity contribution in [3.05, 3.63) is 65.5 Å². The van der Waals surface area contributed by atoms with Crippen LogP contribution < -0.4 is 5.32 Å². The highest BCUT2D eigenvalue weighted by molar-refractivity contribution is 8.00. The van der Waals surface area contributed by atoms with Gasteiger partial charge in [0.25, 0.3) is 0 Å². The summed E-state index contributed by atoms with van der Waals surface area (Å²) in [5.41, 5.74) is 1.53. The van der Waals surface area contributed by atoms with Crippen LogP contribution in [0.25, 0.3) is 0 Å². The average Bonchev–Trinajstić information content (AvgIpc) is 2.65. The second-order valence-corrected chi connectivity index (χ2v) is 7.05. The molecule has 2 aromatic carbocycles. The van der Waals surface area contributed by atoms with Gasteiger partial charge in [-0.05, 0) is 32.0 Å². The summed E-state index contributed by atoms with van der Waals surface area (Å²) >= 11 is 1.40. The molecule has 2 amide bonds.